The Bertz CT molecular complexity index is 522. The monoisotopic (exact) mass is 386 g/mol. The molecule has 0 aromatic rings. The fourth-order valence-electron chi connectivity index (χ4n) is 4.06. The average molecular weight is 387 g/mol. The van der Waals surface area contributed by atoms with E-state index in [0.29, 0.717) is 19.0 Å². The molecule has 2 aliphatic rings. The lowest BCUT2D eigenvalue weighted by molar-refractivity contribution is 0.280. The lowest BCUT2D eigenvalue weighted by Gasteiger charge is -2.29. The summed E-state index contributed by atoms with van der Waals surface area (Å²) in [6.45, 7) is 5.96. The van der Waals surface area contributed by atoms with Gasteiger partial charge < -0.3 is 10.6 Å². The van der Waals surface area contributed by atoms with Crippen molar-refractivity contribution in [3.8, 4) is 0 Å². The van der Waals surface area contributed by atoms with Crippen LogP contribution in [0.3, 0.4) is 0 Å². The molecule has 26 heavy (non-hydrogen) atoms. The van der Waals surface area contributed by atoms with E-state index in [1.165, 1.54) is 51.2 Å². The van der Waals surface area contributed by atoms with E-state index < -0.39 is 10.0 Å². The van der Waals surface area contributed by atoms with Gasteiger partial charge in [0, 0.05) is 32.7 Å². The summed E-state index contributed by atoms with van der Waals surface area (Å²) in [6, 6.07) is 0. The molecule has 0 amide bonds. The highest BCUT2D eigenvalue weighted by molar-refractivity contribution is 7.88. The number of rotatable bonds is 8. The topological polar surface area (TPSA) is 73.8 Å². The smallest absolute Gasteiger partial charge is 0.211 e. The first kappa shape index (κ1) is 21.5. The molecule has 0 radical (unpaired) electrons. The predicted molar refractivity (Wildman–Crippen MR) is 109 cm³/mol. The van der Waals surface area contributed by atoms with E-state index in [1.807, 2.05) is 0 Å². The van der Waals surface area contributed by atoms with Gasteiger partial charge >= 0.3 is 0 Å². The van der Waals surface area contributed by atoms with Gasteiger partial charge in [0.1, 0.15) is 0 Å². The van der Waals surface area contributed by atoms with E-state index in [4.69, 9.17) is 4.99 Å². The average Bonchev–Trinajstić information content (AvgIpc) is 2.63. The zero-order chi connectivity index (χ0) is 18.8. The number of nitrogens with zero attached hydrogens (tertiary/aromatic N) is 2. The summed E-state index contributed by atoms with van der Waals surface area (Å²) in [6.07, 6.45) is 12.7. The Kier molecular flexibility index (Phi) is 9.19. The van der Waals surface area contributed by atoms with Gasteiger partial charge in [0.05, 0.1) is 6.26 Å². The highest BCUT2D eigenvalue weighted by Gasteiger charge is 2.24. The summed E-state index contributed by atoms with van der Waals surface area (Å²) < 4.78 is 24.8. The van der Waals surface area contributed by atoms with Crippen LogP contribution < -0.4 is 10.6 Å². The van der Waals surface area contributed by atoms with Crippen molar-refractivity contribution >= 4 is 16.0 Å². The Labute approximate surface area is 160 Å². The van der Waals surface area contributed by atoms with Crippen LogP contribution in [0.15, 0.2) is 4.99 Å². The number of nitrogens with one attached hydrogen (secondary N) is 2. The summed E-state index contributed by atoms with van der Waals surface area (Å²) in [5.41, 5.74) is 0. The highest BCUT2D eigenvalue weighted by Crippen LogP contribution is 2.27. The van der Waals surface area contributed by atoms with Crippen LogP contribution in [-0.4, -0.2) is 57.7 Å². The number of hydrogen-bond donors (Lipinski definition) is 2. The van der Waals surface area contributed by atoms with Crippen LogP contribution in [0.4, 0.5) is 0 Å². The van der Waals surface area contributed by atoms with Crippen molar-refractivity contribution in [2.75, 3.05) is 39.0 Å². The molecule has 2 fully saturated rings. The van der Waals surface area contributed by atoms with Gasteiger partial charge in [-0.3, -0.25) is 4.99 Å². The second-order valence-electron chi connectivity index (χ2n) is 7.90. The van der Waals surface area contributed by atoms with Crippen molar-refractivity contribution in [2.45, 2.75) is 64.7 Å². The number of hydrogen-bond acceptors (Lipinski definition) is 3. The summed E-state index contributed by atoms with van der Waals surface area (Å²) in [7, 11) is -3.04. The highest BCUT2D eigenvalue weighted by atomic mass is 32.2. The van der Waals surface area contributed by atoms with Crippen molar-refractivity contribution in [3.05, 3.63) is 0 Å². The summed E-state index contributed by atoms with van der Waals surface area (Å²) in [5.74, 6) is 2.32. The molecule has 2 rings (SSSR count). The van der Waals surface area contributed by atoms with Crippen LogP contribution in [0, 0.1) is 11.8 Å². The van der Waals surface area contributed by atoms with Gasteiger partial charge in [-0.15, -0.1) is 0 Å². The van der Waals surface area contributed by atoms with Crippen molar-refractivity contribution in [1.29, 1.82) is 0 Å². The Morgan fingerprint density at radius 1 is 1.04 bits per heavy atom. The minimum atomic E-state index is -3.04. The van der Waals surface area contributed by atoms with Gasteiger partial charge in [-0.05, 0) is 44.4 Å². The molecule has 0 aromatic carbocycles. The fourth-order valence-corrected chi connectivity index (χ4v) is 4.93. The second kappa shape index (κ2) is 11.1. The zero-order valence-corrected chi connectivity index (χ0v) is 17.5. The Balaban J connectivity index is 1.67. The summed E-state index contributed by atoms with van der Waals surface area (Å²) in [4.78, 5) is 4.74. The fraction of sp³-hybridized carbons (Fsp3) is 0.947. The molecule has 1 aliphatic carbocycles. The molecule has 1 heterocycles. The SMILES string of the molecule is CCNC(=NCC1CCN(S(C)(=O)=O)CC1)NCCCC1CCCCC1. The second-order valence-corrected chi connectivity index (χ2v) is 9.88. The van der Waals surface area contributed by atoms with Gasteiger partial charge in [-0.25, -0.2) is 12.7 Å². The Hall–Kier alpha value is -0.820. The van der Waals surface area contributed by atoms with Gasteiger partial charge in [-0.2, -0.15) is 0 Å². The van der Waals surface area contributed by atoms with Crippen LogP contribution in [0.5, 0.6) is 0 Å². The molecule has 152 valence electrons. The molecule has 1 saturated heterocycles. The lowest BCUT2D eigenvalue weighted by Crippen LogP contribution is -2.40. The number of guanidine groups is 1. The molecule has 0 spiro atoms. The minimum absolute atomic E-state index is 0.477. The first-order valence-electron chi connectivity index (χ1n) is 10.5. The van der Waals surface area contributed by atoms with E-state index in [-0.39, 0.29) is 0 Å². The third-order valence-electron chi connectivity index (χ3n) is 5.70. The number of sulfonamides is 1. The quantitative estimate of drug-likeness (QED) is 0.382. The lowest BCUT2D eigenvalue weighted by atomic mass is 9.86. The predicted octanol–water partition coefficient (Wildman–Crippen LogP) is 2.57. The van der Waals surface area contributed by atoms with E-state index >= 15 is 0 Å². The number of aliphatic imine (C=N–C) groups is 1. The maximum Gasteiger partial charge on any atom is 0.211 e. The van der Waals surface area contributed by atoms with E-state index in [0.717, 1.165) is 44.4 Å². The molecule has 2 N–H and O–H groups in total. The molecule has 0 bridgehead atoms. The van der Waals surface area contributed by atoms with Gasteiger partial charge in [0.15, 0.2) is 5.96 Å². The maximum atomic E-state index is 11.6. The molecule has 1 aliphatic heterocycles. The third-order valence-corrected chi connectivity index (χ3v) is 7.00. The van der Waals surface area contributed by atoms with Crippen molar-refractivity contribution < 1.29 is 8.42 Å². The Morgan fingerprint density at radius 2 is 1.73 bits per heavy atom. The van der Waals surface area contributed by atoms with Crippen LogP contribution in [0.2, 0.25) is 0 Å². The van der Waals surface area contributed by atoms with E-state index in [9.17, 15) is 8.42 Å². The summed E-state index contributed by atoms with van der Waals surface area (Å²) >= 11 is 0. The molecule has 0 unspecified atom stereocenters. The van der Waals surface area contributed by atoms with Crippen LogP contribution >= 0.6 is 0 Å². The van der Waals surface area contributed by atoms with Crippen molar-refractivity contribution in [2.24, 2.45) is 16.8 Å². The van der Waals surface area contributed by atoms with Gasteiger partial charge in [0.25, 0.3) is 0 Å². The molecule has 0 atom stereocenters. The Morgan fingerprint density at radius 3 is 2.35 bits per heavy atom. The van der Waals surface area contributed by atoms with Gasteiger partial charge in [0.2, 0.25) is 10.0 Å². The first-order chi connectivity index (χ1) is 12.5. The first-order valence-corrected chi connectivity index (χ1v) is 12.3. The largest absolute Gasteiger partial charge is 0.357 e. The molecule has 1 saturated carbocycles. The zero-order valence-electron chi connectivity index (χ0n) is 16.7. The molecule has 7 heteroatoms. The van der Waals surface area contributed by atoms with Crippen molar-refractivity contribution in [3.63, 3.8) is 0 Å². The summed E-state index contributed by atoms with van der Waals surface area (Å²) in [5, 5.41) is 6.79. The van der Waals surface area contributed by atoms with E-state index in [2.05, 4.69) is 17.6 Å². The third kappa shape index (κ3) is 7.82. The molecular weight excluding hydrogens is 348 g/mol. The molecule has 0 aromatic heterocycles. The minimum Gasteiger partial charge on any atom is -0.357 e. The normalized spacial score (nSPS) is 21.7. The molecular formula is C19H38N4O2S. The standard InChI is InChI=1S/C19H38N4O2S/c1-3-20-19(21-13-7-10-17-8-5-4-6-9-17)22-16-18-11-14-23(15-12-18)26(2,24)25/h17-18H,3-16H2,1-2H3,(H2,20,21,22). The van der Waals surface area contributed by atoms with Crippen molar-refractivity contribution in [1.82, 2.24) is 14.9 Å². The van der Waals surface area contributed by atoms with E-state index in [1.54, 1.807) is 4.31 Å². The van der Waals surface area contributed by atoms with Gasteiger partial charge in [-0.1, -0.05) is 32.1 Å². The maximum absolute atomic E-state index is 11.6. The number of piperidine rings is 1. The van der Waals surface area contributed by atoms with Crippen LogP contribution in [0.25, 0.3) is 0 Å². The van der Waals surface area contributed by atoms with Crippen LogP contribution in [0.1, 0.15) is 64.7 Å². The van der Waals surface area contributed by atoms with Crippen LogP contribution in [-0.2, 0) is 10.0 Å². The molecule has 6 nitrogen and oxygen atoms in total.